The number of allylic oxidation sites excluding steroid dienone is 2. The van der Waals surface area contributed by atoms with E-state index in [1.807, 2.05) is 12.2 Å². The van der Waals surface area contributed by atoms with Crippen molar-refractivity contribution in [3.63, 3.8) is 0 Å². The van der Waals surface area contributed by atoms with Crippen molar-refractivity contribution in [2.24, 2.45) is 0 Å². The highest BCUT2D eigenvalue weighted by Crippen LogP contribution is 1.80. The van der Waals surface area contributed by atoms with Gasteiger partial charge in [-0.15, -0.1) is 6.42 Å². The summed E-state index contributed by atoms with van der Waals surface area (Å²) in [4.78, 5) is 0. The number of rotatable bonds is 5. The number of hydrogen-bond donors (Lipinski definition) is 1. The SMILES string of the molecule is C#CC=C.CC/C=C\COCCO. The molecule has 0 saturated carbocycles. The molecule has 2 heteroatoms. The lowest BCUT2D eigenvalue weighted by molar-refractivity contribution is 0.112. The summed E-state index contributed by atoms with van der Waals surface area (Å²) >= 11 is 0. The Balaban J connectivity index is 0. The molecule has 0 aliphatic rings. The van der Waals surface area contributed by atoms with Crippen LogP contribution in [0.2, 0.25) is 0 Å². The maximum atomic E-state index is 8.27. The number of aliphatic hydroxyl groups excluding tert-OH is 1. The van der Waals surface area contributed by atoms with Gasteiger partial charge in [0.1, 0.15) is 0 Å². The standard InChI is InChI=1S/C7H14O2.C4H4/c1-2-3-4-6-9-7-5-8;1-3-4-2/h3-4,8H,2,5-7H2,1H3;1,4H,2H2/b4-3-;. The van der Waals surface area contributed by atoms with Crippen molar-refractivity contribution in [2.45, 2.75) is 13.3 Å². The molecule has 0 rings (SSSR count). The molecular weight excluding hydrogens is 164 g/mol. The third kappa shape index (κ3) is 24.8. The average Bonchev–Trinajstić information content (AvgIpc) is 2.18. The first-order valence-corrected chi connectivity index (χ1v) is 4.24. The molecule has 0 atom stereocenters. The molecule has 0 aromatic carbocycles. The minimum Gasteiger partial charge on any atom is -0.394 e. The molecular formula is C11H18O2. The number of ether oxygens (including phenoxy) is 1. The first kappa shape index (κ1) is 14.5. The van der Waals surface area contributed by atoms with Crippen LogP contribution in [0.5, 0.6) is 0 Å². The first-order chi connectivity index (χ1) is 6.33. The van der Waals surface area contributed by atoms with Crippen LogP contribution in [0.15, 0.2) is 24.8 Å². The average molecular weight is 182 g/mol. The molecule has 1 N–H and O–H groups in total. The highest BCUT2D eigenvalue weighted by Gasteiger charge is 1.78. The Labute approximate surface area is 80.9 Å². The van der Waals surface area contributed by atoms with Crippen molar-refractivity contribution >= 4 is 0 Å². The van der Waals surface area contributed by atoms with Crippen LogP contribution >= 0.6 is 0 Å². The number of aliphatic hydroxyl groups is 1. The summed E-state index contributed by atoms with van der Waals surface area (Å²) in [5, 5.41) is 8.27. The highest BCUT2D eigenvalue weighted by atomic mass is 16.5. The van der Waals surface area contributed by atoms with Gasteiger partial charge in [0.2, 0.25) is 0 Å². The van der Waals surface area contributed by atoms with E-state index < -0.39 is 0 Å². The Kier molecular flexibility index (Phi) is 19.1. The Hall–Kier alpha value is -1.04. The molecule has 0 aromatic heterocycles. The summed E-state index contributed by atoms with van der Waals surface area (Å²) in [6.45, 7) is 6.48. The van der Waals surface area contributed by atoms with Gasteiger partial charge in [0.25, 0.3) is 0 Å². The monoisotopic (exact) mass is 182 g/mol. The summed E-state index contributed by atoms with van der Waals surface area (Å²) in [7, 11) is 0. The lowest BCUT2D eigenvalue weighted by atomic mass is 10.4. The maximum absolute atomic E-state index is 8.27. The number of hydrogen-bond acceptors (Lipinski definition) is 2. The minimum absolute atomic E-state index is 0.111. The van der Waals surface area contributed by atoms with E-state index in [4.69, 9.17) is 9.84 Å². The minimum atomic E-state index is 0.111. The largest absolute Gasteiger partial charge is 0.394 e. The Morgan fingerprint density at radius 1 is 1.54 bits per heavy atom. The zero-order valence-corrected chi connectivity index (χ0v) is 8.20. The second-order valence-electron chi connectivity index (χ2n) is 2.05. The summed E-state index contributed by atoms with van der Waals surface area (Å²) in [5.41, 5.74) is 0. The van der Waals surface area contributed by atoms with Crippen molar-refractivity contribution < 1.29 is 9.84 Å². The maximum Gasteiger partial charge on any atom is 0.0701 e. The zero-order chi connectivity index (χ0) is 10.4. The third-order valence-electron chi connectivity index (χ3n) is 0.970. The molecule has 0 bridgehead atoms. The van der Waals surface area contributed by atoms with E-state index in [1.165, 1.54) is 6.08 Å². The Morgan fingerprint density at radius 3 is 2.54 bits per heavy atom. The van der Waals surface area contributed by atoms with Crippen LogP contribution in [0.3, 0.4) is 0 Å². The molecule has 0 saturated heterocycles. The van der Waals surface area contributed by atoms with E-state index in [-0.39, 0.29) is 6.61 Å². The predicted molar refractivity (Wildman–Crippen MR) is 56.4 cm³/mol. The van der Waals surface area contributed by atoms with Gasteiger partial charge in [-0.1, -0.05) is 31.6 Å². The van der Waals surface area contributed by atoms with Gasteiger partial charge in [-0.25, -0.2) is 0 Å². The molecule has 0 heterocycles. The van der Waals surface area contributed by atoms with Gasteiger partial charge in [-0.2, -0.15) is 0 Å². The van der Waals surface area contributed by atoms with Gasteiger partial charge in [0.05, 0.1) is 19.8 Å². The zero-order valence-electron chi connectivity index (χ0n) is 8.20. The van der Waals surface area contributed by atoms with Crippen molar-refractivity contribution in [1.29, 1.82) is 0 Å². The Morgan fingerprint density at radius 2 is 2.15 bits per heavy atom. The molecule has 0 spiro atoms. The van der Waals surface area contributed by atoms with Crippen LogP contribution in [0.25, 0.3) is 0 Å². The van der Waals surface area contributed by atoms with Crippen LogP contribution in [0, 0.1) is 12.3 Å². The van der Waals surface area contributed by atoms with Crippen molar-refractivity contribution in [3.05, 3.63) is 24.8 Å². The van der Waals surface area contributed by atoms with Crippen molar-refractivity contribution in [1.82, 2.24) is 0 Å². The van der Waals surface area contributed by atoms with Crippen LogP contribution in [0.4, 0.5) is 0 Å². The van der Waals surface area contributed by atoms with Gasteiger partial charge in [-0.3, -0.25) is 0 Å². The molecule has 74 valence electrons. The van der Waals surface area contributed by atoms with Gasteiger partial charge in [0, 0.05) is 0 Å². The quantitative estimate of drug-likeness (QED) is 0.399. The third-order valence-corrected chi connectivity index (χ3v) is 0.970. The first-order valence-electron chi connectivity index (χ1n) is 4.24. The van der Waals surface area contributed by atoms with Crippen LogP contribution in [0.1, 0.15) is 13.3 Å². The van der Waals surface area contributed by atoms with Crippen molar-refractivity contribution in [3.8, 4) is 12.3 Å². The van der Waals surface area contributed by atoms with E-state index in [0.717, 1.165) is 6.42 Å². The second-order valence-corrected chi connectivity index (χ2v) is 2.05. The lowest BCUT2D eigenvalue weighted by Gasteiger charge is -1.93. The lowest BCUT2D eigenvalue weighted by Crippen LogP contribution is -1.97. The summed E-state index contributed by atoms with van der Waals surface area (Å²) < 4.78 is 4.95. The number of terminal acetylenes is 1. The predicted octanol–water partition coefficient (Wildman–Crippen LogP) is 1.77. The molecule has 2 nitrogen and oxygen atoms in total. The molecule has 0 aliphatic heterocycles. The molecule has 13 heavy (non-hydrogen) atoms. The summed E-state index contributed by atoms with van der Waals surface area (Å²) in [5.74, 6) is 2.19. The van der Waals surface area contributed by atoms with Crippen LogP contribution < -0.4 is 0 Å². The topological polar surface area (TPSA) is 29.5 Å². The fraction of sp³-hybridized carbons (Fsp3) is 0.455. The molecule has 0 aliphatic carbocycles. The fourth-order valence-corrected chi connectivity index (χ4v) is 0.451. The van der Waals surface area contributed by atoms with E-state index in [2.05, 4.69) is 25.8 Å². The van der Waals surface area contributed by atoms with Gasteiger partial charge < -0.3 is 9.84 Å². The molecule has 0 unspecified atom stereocenters. The van der Waals surface area contributed by atoms with Gasteiger partial charge in [-0.05, 0) is 12.5 Å². The van der Waals surface area contributed by atoms with E-state index in [1.54, 1.807) is 0 Å². The van der Waals surface area contributed by atoms with Crippen LogP contribution in [-0.4, -0.2) is 24.9 Å². The van der Waals surface area contributed by atoms with Gasteiger partial charge >= 0.3 is 0 Å². The van der Waals surface area contributed by atoms with E-state index in [9.17, 15) is 0 Å². The molecule has 0 radical (unpaired) electrons. The molecule has 0 aromatic rings. The molecule has 0 amide bonds. The summed E-state index contributed by atoms with van der Waals surface area (Å²) in [6.07, 6.45) is 11.1. The van der Waals surface area contributed by atoms with Gasteiger partial charge in [0.15, 0.2) is 0 Å². The Bertz CT molecular complexity index is 154. The van der Waals surface area contributed by atoms with E-state index >= 15 is 0 Å². The van der Waals surface area contributed by atoms with Crippen LogP contribution in [-0.2, 0) is 4.74 Å². The second kappa shape index (κ2) is 17.2. The fourth-order valence-electron chi connectivity index (χ4n) is 0.451. The highest BCUT2D eigenvalue weighted by molar-refractivity contribution is 5.03. The smallest absolute Gasteiger partial charge is 0.0701 e. The van der Waals surface area contributed by atoms with Crippen molar-refractivity contribution in [2.75, 3.05) is 19.8 Å². The molecule has 0 fully saturated rings. The van der Waals surface area contributed by atoms with E-state index in [0.29, 0.717) is 13.2 Å². The summed E-state index contributed by atoms with van der Waals surface area (Å²) in [6, 6.07) is 0. The normalized spacial score (nSPS) is 8.69.